The van der Waals surface area contributed by atoms with Gasteiger partial charge in [0, 0.05) is 35.2 Å². The highest BCUT2D eigenvalue weighted by molar-refractivity contribution is 7.99. The van der Waals surface area contributed by atoms with Crippen LogP contribution in [0.1, 0.15) is 25.8 Å². The summed E-state index contributed by atoms with van der Waals surface area (Å²) in [6.45, 7) is 4.09. The molecule has 0 saturated carbocycles. The lowest BCUT2D eigenvalue weighted by Gasteiger charge is -2.09. The number of anilines is 1. The van der Waals surface area contributed by atoms with Gasteiger partial charge in [-0.3, -0.25) is 9.59 Å². The van der Waals surface area contributed by atoms with Gasteiger partial charge in [0.1, 0.15) is 5.82 Å². The molecular weight excluding hydrogens is 351 g/mol. The highest BCUT2D eigenvalue weighted by atomic mass is 32.2. The van der Waals surface area contributed by atoms with Crippen LogP contribution in [-0.4, -0.2) is 17.6 Å². The van der Waals surface area contributed by atoms with Crippen molar-refractivity contribution in [3.63, 3.8) is 0 Å². The average Bonchev–Trinajstić information content (AvgIpc) is 2.62. The van der Waals surface area contributed by atoms with Gasteiger partial charge in [0.25, 0.3) is 0 Å². The molecule has 2 N–H and O–H groups in total. The SMILES string of the molecule is CC(C)C(=O)Nc1ccc(CNC(=O)CCSc2ccccc2F)cc1. The minimum Gasteiger partial charge on any atom is -0.352 e. The van der Waals surface area contributed by atoms with E-state index in [1.165, 1.54) is 17.8 Å². The molecule has 2 aromatic carbocycles. The monoisotopic (exact) mass is 374 g/mol. The van der Waals surface area contributed by atoms with Gasteiger partial charge >= 0.3 is 0 Å². The molecule has 0 saturated heterocycles. The highest BCUT2D eigenvalue weighted by Gasteiger charge is 2.07. The summed E-state index contributed by atoms with van der Waals surface area (Å²) in [5.41, 5.74) is 1.68. The van der Waals surface area contributed by atoms with Crippen LogP contribution in [0.5, 0.6) is 0 Å². The Bertz CT molecular complexity index is 748. The number of hydrogen-bond donors (Lipinski definition) is 2. The molecule has 2 rings (SSSR count). The predicted molar refractivity (Wildman–Crippen MR) is 103 cm³/mol. The lowest BCUT2D eigenvalue weighted by molar-refractivity contribution is -0.121. The van der Waals surface area contributed by atoms with E-state index in [4.69, 9.17) is 0 Å². The second-order valence-corrected chi connectivity index (χ2v) is 7.28. The average molecular weight is 374 g/mol. The van der Waals surface area contributed by atoms with Crippen LogP contribution in [0.25, 0.3) is 0 Å². The Hall–Kier alpha value is -2.34. The number of nitrogens with one attached hydrogen (secondary N) is 2. The Labute approximate surface area is 157 Å². The van der Waals surface area contributed by atoms with Gasteiger partial charge in [0.2, 0.25) is 11.8 Å². The maximum Gasteiger partial charge on any atom is 0.226 e. The molecule has 6 heteroatoms. The Balaban J connectivity index is 1.72. The molecule has 0 radical (unpaired) electrons. The van der Waals surface area contributed by atoms with Crippen molar-refractivity contribution in [2.45, 2.75) is 31.7 Å². The summed E-state index contributed by atoms with van der Waals surface area (Å²) in [4.78, 5) is 24.1. The summed E-state index contributed by atoms with van der Waals surface area (Å²) in [7, 11) is 0. The van der Waals surface area contributed by atoms with E-state index in [9.17, 15) is 14.0 Å². The van der Waals surface area contributed by atoms with Gasteiger partial charge < -0.3 is 10.6 Å². The van der Waals surface area contributed by atoms with E-state index in [2.05, 4.69) is 10.6 Å². The first kappa shape index (κ1) is 20.0. The lowest BCUT2D eigenvalue weighted by Crippen LogP contribution is -2.23. The number of carbonyl (C=O) groups is 2. The molecular formula is C20H23FN2O2S. The third-order valence-electron chi connectivity index (χ3n) is 3.66. The fourth-order valence-corrected chi connectivity index (χ4v) is 2.99. The molecule has 0 aliphatic heterocycles. The van der Waals surface area contributed by atoms with Gasteiger partial charge in [-0.05, 0) is 29.8 Å². The van der Waals surface area contributed by atoms with Crippen molar-refractivity contribution in [1.29, 1.82) is 0 Å². The van der Waals surface area contributed by atoms with Gasteiger partial charge in [-0.2, -0.15) is 0 Å². The third-order valence-corrected chi connectivity index (χ3v) is 4.71. The molecule has 0 fully saturated rings. The number of halogens is 1. The van der Waals surface area contributed by atoms with Gasteiger partial charge in [-0.15, -0.1) is 11.8 Å². The standard InChI is InChI=1S/C20H23FN2O2S/c1-14(2)20(25)23-16-9-7-15(8-10-16)13-22-19(24)11-12-26-18-6-4-3-5-17(18)21/h3-10,14H,11-13H2,1-2H3,(H,22,24)(H,23,25). The van der Waals surface area contributed by atoms with Crippen molar-refractivity contribution in [2.24, 2.45) is 5.92 Å². The van der Waals surface area contributed by atoms with Crippen molar-refractivity contribution >= 4 is 29.3 Å². The van der Waals surface area contributed by atoms with Crippen molar-refractivity contribution in [3.05, 3.63) is 59.9 Å². The largest absolute Gasteiger partial charge is 0.352 e. The Morgan fingerprint density at radius 3 is 2.42 bits per heavy atom. The molecule has 0 atom stereocenters. The van der Waals surface area contributed by atoms with Crippen molar-refractivity contribution < 1.29 is 14.0 Å². The Morgan fingerprint density at radius 1 is 1.08 bits per heavy atom. The van der Waals surface area contributed by atoms with Crippen LogP contribution in [0, 0.1) is 11.7 Å². The molecule has 0 heterocycles. The van der Waals surface area contributed by atoms with Crippen LogP contribution in [-0.2, 0) is 16.1 Å². The van der Waals surface area contributed by atoms with E-state index in [-0.39, 0.29) is 23.5 Å². The van der Waals surface area contributed by atoms with Gasteiger partial charge in [0.15, 0.2) is 0 Å². The molecule has 2 amide bonds. The number of carbonyl (C=O) groups excluding carboxylic acids is 2. The molecule has 0 unspecified atom stereocenters. The summed E-state index contributed by atoms with van der Waals surface area (Å²) in [6.07, 6.45) is 0.321. The van der Waals surface area contributed by atoms with E-state index in [1.807, 2.05) is 38.1 Å². The van der Waals surface area contributed by atoms with Crippen LogP contribution < -0.4 is 10.6 Å². The van der Waals surface area contributed by atoms with Gasteiger partial charge in [-0.1, -0.05) is 38.1 Å². The van der Waals surface area contributed by atoms with E-state index < -0.39 is 0 Å². The summed E-state index contributed by atoms with van der Waals surface area (Å²) >= 11 is 1.33. The molecule has 0 aromatic heterocycles. The zero-order valence-electron chi connectivity index (χ0n) is 14.9. The quantitative estimate of drug-likeness (QED) is 0.680. The van der Waals surface area contributed by atoms with Gasteiger partial charge in [0.05, 0.1) is 0 Å². The lowest BCUT2D eigenvalue weighted by atomic mass is 10.1. The van der Waals surface area contributed by atoms with Crippen LogP contribution in [0.2, 0.25) is 0 Å². The minimum atomic E-state index is -0.262. The molecule has 0 bridgehead atoms. The highest BCUT2D eigenvalue weighted by Crippen LogP contribution is 2.21. The van der Waals surface area contributed by atoms with Crippen LogP contribution in [0.3, 0.4) is 0 Å². The molecule has 0 aliphatic rings. The molecule has 2 aromatic rings. The Kier molecular flexibility index (Phi) is 7.66. The molecule has 0 aliphatic carbocycles. The van der Waals surface area contributed by atoms with E-state index in [1.54, 1.807) is 18.2 Å². The van der Waals surface area contributed by atoms with Crippen LogP contribution >= 0.6 is 11.8 Å². The fraction of sp³-hybridized carbons (Fsp3) is 0.300. The van der Waals surface area contributed by atoms with Crippen LogP contribution in [0.4, 0.5) is 10.1 Å². The Morgan fingerprint density at radius 2 is 1.77 bits per heavy atom. The van der Waals surface area contributed by atoms with Crippen LogP contribution in [0.15, 0.2) is 53.4 Å². The van der Waals surface area contributed by atoms with Crippen molar-refractivity contribution in [1.82, 2.24) is 5.32 Å². The second kappa shape index (κ2) is 9.97. The first-order valence-corrected chi connectivity index (χ1v) is 9.48. The second-order valence-electron chi connectivity index (χ2n) is 6.15. The third kappa shape index (κ3) is 6.52. The summed E-state index contributed by atoms with van der Waals surface area (Å²) in [6, 6.07) is 13.9. The maximum absolute atomic E-state index is 13.5. The zero-order valence-corrected chi connectivity index (χ0v) is 15.7. The fourth-order valence-electron chi connectivity index (χ4n) is 2.10. The van der Waals surface area contributed by atoms with Gasteiger partial charge in [-0.25, -0.2) is 4.39 Å². The number of thioether (sulfide) groups is 1. The molecule has 4 nitrogen and oxygen atoms in total. The number of amides is 2. The smallest absolute Gasteiger partial charge is 0.226 e. The maximum atomic E-state index is 13.5. The predicted octanol–water partition coefficient (Wildman–Crippen LogP) is 4.22. The van der Waals surface area contributed by atoms with E-state index >= 15 is 0 Å². The number of hydrogen-bond acceptors (Lipinski definition) is 3. The minimum absolute atomic E-state index is 0.0293. The summed E-state index contributed by atoms with van der Waals surface area (Å²) in [5, 5.41) is 5.67. The van der Waals surface area contributed by atoms with E-state index in [0.29, 0.717) is 23.6 Å². The summed E-state index contributed by atoms with van der Waals surface area (Å²) in [5.74, 6) is 0.0793. The molecule has 26 heavy (non-hydrogen) atoms. The first-order valence-electron chi connectivity index (χ1n) is 8.49. The number of benzene rings is 2. The normalized spacial score (nSPS) is 10.6. The zero-order chi connectivity index (χ0) is 18.9. The summed E-state index contributed by atoms with van der Waals surface area (Å²) < 4.78 is 13.5. The van der Waals surface area contributed by atoms with E-state index in [0.717, 1.165) is 11.3 Å². The first-order chi connectivity index (χ1) is 12.5. The van der Waals surface area contributed by atoms with Crippen molar-refractivity contribution in [2.75, 3.05) is 11.1 Å². The molecule has 0 spiro atoms. The molecule has 138 valence electrons. The van der Waals surface area contributed by atoms with Crippen molar-refractivity contribution in [3.8, 4) is 0 Å². The number of rotatable bonds is 8. The topological polar surface area (TPSA) is 58.2 Å².